The molecule has 2 atom stereocenters. The molecule has 8 heteroatoms. The predicted molar refractivity (Wildman–Crippen MR) is 111 cm³/mol. The molecule has 0 bridgehead atoms. The Kier molecular flexibility index (Phi) is 7.40. The number of fused-ring (bicyclic) bond motifs is 1. The summed E-state index contributed by atoms with van der Waals surface area (Å²) >= 11 is 0. The lowest BCUT2D eigenvalue weighted by molar-refractivity contribution is -0.124. The van der Waals surface area contributed by atoms with Gasteiger partial charge in [-0.3, -0.25) is 4.79 Å². The van der Waals surface area contributed by atoms with Gasteiger partial charge in [0.2, 0.25) is 15.9 Å². The van der Waals surface area contributed by atoms with E-state index in [9.17, 15) is 13.2 Å². The zero-order valence-corrected chi connectivity index (χ0v) is 18.2. The number of unbranched alkanes of at least 4 members (excludes halogenated alkanes) is 1. The van der Waals surface area contributed by atoms with Crippen molar-refractivity contribution in [2.45, 2.75) is 63.3 Å². The Labute approximate surface area is 173 Å². The summed E-state index contributed by atoms with van der Waals surface area (Å²) in [6.07, 6.45) is 5.58. The fraction of sp³-hybridized carbons (Fsp3) is 0.667. The molecule has 2 aliphatic rings. The molecule has 1 aromatic carbocycles. The minimum atomic E-state index is -3.79. The third kappa shape index (κ3) is 5.04. The van der Waals surface area contributed by atoms with E-state index < -0.39 is 16.1 Å². The Morgan fingerprint density at radius 3 is 2.72 bits per heavy atom. The van der Waals surface area contributed by atoms with Crippen LogP contribution in [0.2, 0.25) is 0 Å². The van der Waals surface area contributed by atoms with Crippen LogP contribution in [0.4, 0.5) is 0 Å². The number of hydrogen-bond acceptors (Lipinski definition) is 5. The lowest BCUT2D eigenvalue weighted by Gasteiger charge is -2.25. The highest BCUT2D eigenvalue weighted by atomic mass is 32.2. The van der Waals surface area contributed by atoms with Crippen LogP contribution in [0.1, 0.15) is 52.4 Å². The van der Waals surface area contributed by atoms with Gasteiger partial charge in [0, 0.05) is 19.2 Å². The molecule has 7 nitrogen and oxygen atoms in total. The van der Waals surface area contributed by atoms with Crippen LogP contribution in [0, 0.1) is 5.92 Å². The average Bonchev–Trinajstić information content (AvgIpc) is 3.24. The van der Waals surface area contributed by atoms with Gasteiger partial charge in [-0.05, 0) is 37.3 Å². The van der Waals surface area contributed by atoms with Crippen LogP contribution in [-0.2, 0) is 14.8 Å². The number of rotatable bonds is 9. The molecule has 1 N–H and O–H groups in total. The van der Waals surface area contributed by atoms with Crippen molar-refractivity contribution in [3.8, 4) is 11.5 Å². The van der Waals surface area contributed by atoms with Gasteiger partial charge < -0.3 is 14.8 Å². The maximum absolute atomic E-state index is 13.2. The van der Waals surface area contributed by atoms with E-state index in [4.69, 9.17) is 9.47 Å². The van der Waals surface area contributed by atoms with E-state index in [1.54, 1.807) is 6.07 Å². The third-order valence-corrected chi connectivity index (χ3v) is 7.64. The molecule has 3 rings (SSSR count). The van der Waals surface area contributed by atoms with E-state index in [1.807, 2.05) is 0 Å². The van der Waals surface area contributed by atoms with Gasteiger partial charge in [0.1, 0.15) is 19.3 Å². The summed E-state index contributed by atoms with van der Waals surface area (Å²) in [4.78, 5) is 12.9. The first-order chi connectivity index (χ1) is 14.0. The number of carbonyl (C=O) groups is 1. The molecular weight excluding hydrogens is 392 g/mol. The number of carbonyl (C=O) groups excluding carboxylic acids is 1. The maximum Gasteiger partial charge on any atom is 0.243 e. The largest absolute Gasteiger partial charge is 0.486 e. The lowest BCUT2D eigenvalue weighted by atomic mass is 9.99. The summed E-state index contributed by atoms with van der Waals surface area (Å²) < 4.78 is 38.8. The molecule has 0 radical (unpaired) electrons. The van der Waals surface area contributed by atoms with Gasteiger partial charge in [0.25, 0.3) is 0 Å². The molecule has 0 saturated carbocycles. The SMILES string of the molecule is CCCCC(CC)CNC(=O)C1CCCN1S(=O)(=O)c1ccc2c(c1)OCCO2. The van der Waals surface area contributed by atoms with Gasteiger partial charge in [-0.15, -0.1) is 0 Å². The Balaban J connectivity index is 1.69. The van der Waals surface area contributed by atoms with Gasteiger partial charge in [-0.1, -0.05) is 33.1 Å². The average molecular weight is 425 g/mol. The van der Waals surface area contributed by atoms with Gasteiger partial charge in [-0.25, -0.2) is 8.42 Å². The van der Waals surface area contributed by atoms with E-state index in [1.165, 1.54) is 16.4 Å². The first kappa shape index (κ1) is 21.9. The van der Waals surface area contributed by atoms with Crippen molar-refractivity contribution in [1.29, 1.82) is 0 Å². The second-order valence-corrected chi connectivity index (χ2v) is 9.63. The summed E-state index contributed by atoms with van der Waals surface area (Å²) in [5.41, 5.74) is 0. The third-order valence-electron chi connectivity index (χ3n) is 5.73. The predicted octanol–water partition coefficient (Wildman–Crippen LogP) is 2.94. The number of hydrogen-bond donors (Lipinski definition) is 1. The van der Waals surface area contributed by atoms with Gasteiger partial charge in [0.15, 0.2) is 11.5 Å². The highest BCUT2D eigenvalue weighted by Gasteiger charge is 2.39. The van der Waals surface area contributed by atoms with E-state index in [2.05, 4.69) is 19.2 Å². The van der Waals surface area contributed by atoms with Gasteiger partial charge >= 0.3 is 0 Å². The van der Waals surface area contributed by atoms with Gasteiger partial charge in [0.05, 0.1) is 4.90 Å². The van der Waals surface area contributed by atoms with Crippen molar-refractivity contribution < 1.29 is 22.7 Å². The van der Waals surface area contributed by atoms with Gasteiger partial charge in [-0.2, -0.15) is 4.31 Å². The van der Waals surface area contributed by atoms with Crippen molar-refractivity contribution in [3.05, 3.63) is 18.2 Å². The molecular formula is C21H32N2O5S. The molecule has 1 saturated heterocycles. The van der Waals surface area contributed by atoms with E-state index in [0.717, 1.165) is 25.7 Å². The van der Waals surface area contributed by atoms with Crippen molar-refractivity contribution in [3.63, 3.8) is 0 Å². The Morgan fingerprint density at radius 1 is 1.24 bits per heavy atom. The van der Waals surface area contributed by atoms with Crippen molar-refractivity contribution in [2.24, 2.45) is 5.92 Å². The Hall–Kier alpha value is -1.80. The Bertz CT molecular complexity index is 811. The van der Waals surface area contributed by atoms with E-state index in [0.29, 0.717) is 56.6 Å². The van der Waals surface area contributed by atoms with E-state index >= 15 is 0 Å². The summed E-state index contributed by atoms with van der Waals surface area (Å²) in [5.74, 6) is 1.21. The lowest BCUT2D eigenvalue weighted by Crippen LogP contribution is -2.46. The quantitative estimate of drug-likeness (QED) is 0.659. The zero-order valence-electron chi connectivity index (χ0n) is 17.4. The highest BCUT2D eigenvalue weighted by molar-refractivity contribution is 7.89. The molecule has 2 heterocycles. The second kappa shape index (κ2) is 9.80. The van der Waals surface area contributed by atoms with Crippen LogP contribution in [0.5, 0.6) is 11.5 Å². The minimum Gasteiger partial charge on any atom is -0.486 e. The number of sulfonamides is 1. The van der Waals surface area contributed by atoms with Crippen LogP contribution in [0.3, 0.4) is 0 Å². The van der Waals surface area contributed by atoms with Crippen LogP contribution >= 0.6 is 0 Å². The zero-order chi connectivity index (χ0) is 20.9. The molecule has 2 aliphatic heterocycles. The summed E-state index contributed by atoms with van der Waals surface area (Å²) in [6, 6.07) is 3.98. The fourth-order valence-electron chi connectivity index (χ4n) is 3.92. The molecule has 162 valence electrons. The van der Waals surface area contributed by atoms with Crippen LogP contribution < -0.4 is 14.8 Å². The maximum atomic E-state index is 13.2. The van der Waals surface area contributed by atoms with Crippen molar-refractivity contribution in [1.82, 2.24) is 9.62 Å². The molecule has 0 aromatic heterocycles. The monoisotopic (exact) mass is 424 g/mol. The molecule has 2 unspecified atom stereocenters. The minimum absolute atomic E-state index is 0.135. The van der Waals surface area contributed by atoms with Crippen molar-refractivity contribution in [2.75, 3.05) is 26.3 Å². The Morgan fingerprint density at radius 2 is 2.00 bits per heavy atom. The first-order valence-electron chi connectivity index (χ1n) is 10.7. The van der Waals surface area contributed by atoms with Crippen LogP contribution in [0.15, 0.2) is 23.1 Å². The highest BCUT2D eigenvalue weighted by Crippen LogP contribution is 2.34. The second-order valence-electron chi connectivity index (χ2n) is 7.74. The molecule has 0 aliphatic carbocycles. The molecule has 1 amide bonds. The summed E-state index contributed by atoms with van der Waals surface area (Å²) in [5, 5.41) is 3.00. The first-order valence-corrected chi connectivity index (χ1v) is 12.1. The smallest absolute Gasteiger partial charge is 0.243 e. The fourth-order valence-corrected chi connectivity index (χ4v) is 5.59. The van der Waals surface area contributed by atoms with E-state index in [-0.39, 0.29) is 10.8 Å². The summed E-state index contributed by atoms with van der Waals surface area (Å²) in [7, 11) is -3.79. The number of nitrogens with zero attached hydrogens (tertiary/aromatic N) is 1. The standard InChI is InChI=1S/C21H32N2O5S/c1-3-5-7-16(4-2)15-22-21(24)18-8-6-11-23(18)29(25,26)17-9-10-19-20(14-17)28-13-12-27-19/h9-10,14,16,18H,3-8,11-13,15H2,1-2H3,(H,22,24). The topological polar surface area (TPSA) is 84.9 Å². The number of nitrogens with one attached hydrogen (secondary N) is 1. The molecule has 29 heavy (non-hydrogen) atoms. The number of amides is 1. The molecule has 0 spiro atoms. The molecule has 1 fully saturated rings. The summed E-state index contributed by atoms with van der Waals surface area (Å²) in [6.45, 7) is 6.07. The number of ether oxygens (including phenoxy) is 2. The normalized spacial score (nSPS) is 20.4. The van der Waals surface area contributed by atoms with Crippen LogP contribution in [-0.4, -0.2) is 51.0 Å². The van der Waals surface area contributed by atoms with Crippen LogP contribution in [0.25, 0.3) is 0 Å². The molecule has 1 aromatic rings. The van der Waals surface area contributed by atoms with Crippen molar-refractivity contribution >= 4 is 15.9 Å². The number of benzene rings is 1.